The maximum atomic E-state index is 12.4. The van der Waals surface area contributed by atoms with Crippen LogP contribution in [0.1, 0.15) is 15.9 Å². The first-order chi connectivity index (χ1) is 12.1. The van der Waals surface area contributed by atoms with Gasteiger partial charge in [-0.25, -0.2) is 4.98 Å². The van der Waals surface area contributed by atoms with Crippen LogP contribution in [0.4, 0.5) is 17.2 Å². The fraction of sp³-hybridized carbons (Fsp3) is 0.100. The predicted molar refractivity (Wildman–Crippen MR) is 99.6 cm³/mol. The van der Waals surface area contributed by atoms with Gasteiger partial charge in [0.2, 0.25) is 0 Å². The quantitative estimate of drug-likeness (QED) is 0.727. The second-order valence-corrected chi connectivity index (χ2v) is 5.61. The van der Waals surface area contributed by atoms with Gasteiger partial charge >= 0.3 is 0 Å². The first-order valence-corrected chi connectivity index (χ1v) is 7.89. The number of carbonyl (C=O) groups is 1. The first kappa shape index (κ1) is 16.5. The molecule has 5 nitrogen and oxygen atoms in total. The minimum absolute atomic E-state index is 0.181. The number of aryl methyl sites for hydroxylation is 1. The minimum Gasteiger partial charge on any atom is -0.497 e. The Labute approximate surface area is 146 Å². The van der Waals surface area contributed by atoms with Crippen LogP contribution in [-0.4, -0.2) is 18.0 Å². The number of nitrogens with zero attached hydrogens (tertiary/aromatic N) is 1. The van der Waals surface area contributed by atoms with E-state index in [0.29, 0.717) is 11.4 Å². The van der Waals surface area contributed by atoms with Gasteiger partial charge in [0, 0.05) is 29.2 Å². The number of hydrogen-bond acceptors (Lipinski definition) is 4. The molecule has 1 heterocycles. The maximum Gasteiger partial charge on any atom is 0.255 e. The molecule has 0 fully saturated rings. The van der Waals surface area contributed by atoms with Gasteiger partial charge in [-0.1, -0.05) is 23.8 Å². The SMILES string of the molecule is COc1cccc(Nc2cc(C(=O)Nc3ccc(C)cc3)ccn2)c1. The van der Waals surface area contributed by atoms with Crippen molar-refractivity contribution in [3.63, 3.8) is 0 Å². The highest BCUT2D eigenvalue weighted by atomic mass is 16.5. The molecule has 0 aliphatic carbocycles. The third kappa shape index (κ3) is 4.35. The van der Waals surface area contributed by atoms with Crippen LogP contribution in [-0.2, 0) is 0 Å². The van der Waals surface area contributed by atoms with Gasteiger partial charge in [0.05, 0.1) is 7.11 Å². The molecular weight excluding hydrogens is 314 g/mol. The van der Waals surface area contributed by atoms with E-state index >= 15 is 0 Å². The van der Waals surface area contributed by atoms with E-state index in [0.717, 1.165) is 22.7 Å². The Morgan fingerprint density at radius 3 is 2.56 bits per heavy atom. The summed E-state index contributed by atoms with van der Waals surface area (Å²) in [5, 5.41) is 6.05. The molecule has 5 heteroatoms. The maximum absolute atomic E-state index is 12.4. The summed E-state index contributed by atoms with van der Waals surface area (Å²) in [6.07, 6.45) is 1.60. The molecule has 2 N–H and O–H groups in total. The van der Waals surface area contributed by atoms with E-state index in [-0.39, 0.29) is 5.91 Å². The van der Waals surface area contributed by atoms with Crippen LogP contribution in [0.2, 0.25) is 0 Å². The molecule has 0 aliphatic heterocycles. The summed E-state index contributed by atoms with van der Waals surface area (Å²) in [6.45, 7) is 2.00. The largest absolute Gasteiger partial charge is 0.497 e. The zero-order valence-corrected chi connectivity index (χ0v) is 14.1. The van der Waals surface area contributed by atoms with Crippen molar-refractivity contribution in [2.75, 3.05) is 17.7 Å². The van der Waals surface area contributed by atoms with Crippen LogP contribution < -0.4 is 15.4 Å². The number of methoxy groups -OCH3 is 1. The Bertz CT molecular complexity index is 876. The summed E-state index contributed by atoms with van der Waals surface area (Å²) in [4.78, 5) is 16.7. The number of hydrogen-bond donors (Lipinski definition) is 2. The molecule has 3 aromatic rings. The van der Waals surface area contributed by atoms with Crippen molar-refractivity contribution in [2.24, 2.45) is 0 Å². The number of anilines is 3. The number of aromatic nitrogens is 1. The number of benzene rings is 2. The summed E-state index contributed by atoms with van der Waals surface area (Å²) in [7, 11) is 1.62. The smallest absolute Gasteiger partial charge is 0.255 e. The van der Waals surface area contributed by atoms with Crippen molar-refractivity contribution in [3.8, 4) is 5.75 Å². The average Bonchev–Trinajstić information content (AvgIpc) is 2.64. The van der Waals surface area contributed by atoms with Gasteiger partial charge in [-0.2, -0.15) is 0 Å². The highest BCUT2D eigenvalue weighted by Crippen LogP contribution is 2.21. The van der Waals surface area contributed by atoms with Crippen LogP contribution in [0, 0.1) is 6.92 Å². The minimum atomic E-state index is -0.181. The van der Waals surface area contributed by atoms with E-state index in [1.54, 1.807) is 25.4 Å². The third-order valence-corrected chi connectivity index (χ3v) is 3.67. The highest BCUT2D eigenvalue weighted by molar-refractivity contribution is 6.04. The number of nitrogens with one attached hydrogen (secondary N) is 2. The standard InChI is InChI=1S/C20H19N3O2/c1-14-6-8-16(9-7-14)23-20(24)15-10-11-21-19(12-15)22-17-4-3-5-18(13-17)25-2/h3-13H,1-2H3,(H,21,22)(H,23,24). The molecule has 0 unspecified atom stereocenters. The lowest BCUT2D eigenvalue weighted by Crippen LogP contribution is -2.12. The van der Waals surface area contributed by atoms with Crippen LogP contribution >= 0.6 is 0 Å². The Kier molecular flexibility index (Phi) is 4.95. The highest BCUT2D eigenvalue weighted by Gasteiger charge is 2.08. The van der Waals surface area contributed by atoms with Gasteiger partial charge in [-0.05, 0) is 43.3 Å². The van der Waals surface area contributed by atoms with Crippen molar-refractivity contribution < 1.29 is 9.53 Å². The van der Waals surface area contributed by atoms with E-state index in [4.69, 9.17) is 4.74 Å². The molecule has 0 radical (unpaired) electrons. The summed E-state index contributed by atoms with van der Waals surface area (Å²) < 4.78 is 5.20. The molecule has 0 spiro atoms. The molecule has 0 atom stereocenters. The van der Waals surface area contributed by atoms with E-state index in [2.05, 4.69) is 15.6 Å². The normalized spacial score (nSPS) is 10.2. The van der Waals surface area contributed by atoms with Crippen LogP contribution in [0.15, 0.2) is 66.9 Å². The molecular formula is C20H19N3O2. The molecule has 0 saturated carbocycles. The molecule has 0 saturated heterocycles. The van der Waals surface area contributed by atoms with Gasteiger partial charge in [-0.3, -0.25) is 4.79 Å². The van der Waals surface area contributed by atoms with E-state index < -0.39 is 0 Å². The summed E-state index contributed by atoms with van der Waals surface area (Å²) in [6, 6.07) is 18.6. The first-order valence-electron chi connectivity index (χ1n) is 7.89. The van der Waals surface area contributed by atoms with Gasteiger partial charge < -0.3 is 15.4 Å². The van der Waals surface area contributed by atoms with Crippen LogP contribution in [0.5, 0.6) is 5.75 Å². The second-order valence-electron chi connectivity index (χ2n) is 5.61. The molecule has 2 aromatic carbocycles. The summed E-state index contributed by atoms with van der Waals surface area (Å²) in [5.41, 5.74) is 3.27. The molecule has 1 amide bonds. The Hall–Kier alpha value is -3.34. The lowest BCUT2D eigenvalue weighted by atomic mass is 10.2. The molecule has 0 aliphatic rings. The average molecular weight is 333 g/mol. The molecule has 0 bridgehead atoms. The van der Waals surface area contributed by atoms with Gasteiger partial charge in [0.15, 0.2) is 0 Å². The zero-order valence-electron chi connectivity index (χ0n) is 14.1. The van der Waals surface area contributed by atoms with Crippen molar-refractivity contribution in [2.45, 2.75) is 6.92 Å². The Balaban J connectivity index is 1.74. The predicted octanol–water partition coefficient (Wildman–Crippen LogP) is 4.39. The van der Waals surface area contributed by atoms with Crippen molar-refractivity contribution >= 4 is 23.1 Å². The second kappa shape index (κ2) is 7.49. The van der Waals surface area contributed by atoms with Crippen LogP contribution in [0.3, 0.4) is 0 Å². The Morgan fingerprint density at radius 2 is 1.80 bits per heavy atom. The Morgan fingerprint density at radius 1 is 1.00 bits per heavy atom. The fourth-order valence-electron chi connectivity index (χ4n) is 2.33. The zero-order chi connectivity index (χ0) is 17.6. The van der Waals surface area contributed by atoms with Gasteiger partial charge in [0.1, 0.15) is 11.6 Å². The monoisotopic (exact) mass is 333 g/mol. The number of pyridine rings is 1. The topological polar surface area (TPSA) is 63.2 Å². The van der Waals surface area contributed by atoms with Crippen LogP contribution in [0.25, 0.3) is 0 Å². The molecule has 1 aromatic heterocycles. The number of carbonyl (C=O) groups excluding carboxylic acids is 1. The molecule has 126 valence electrons. The molecule has 3 rings (SSSR count). The van der Waals surface area contributed by atoms with Crippen molar-refractivity contribution in [1.82, 2.24) is 4.98 Å². The van der Waals surface area contributed by atoms with E-state index in [9.17, 15) is 4.79 Å². The van der Waals surface area contributed by atoms with Gasteiger partial charge in [0.25, 0.3) is 5.91 Å². The van der Waals surface area contributed by atoms with E-state index in [1.165, 1.54) is 0 Å². The summed E-state index contributed by atoms with van der Waals surface area (Å²) >= 11 is 0. The third-order valence-electron chi connectivity index (χ3n) is 3.67. The van der Waals surface area contributed by atoms with Gasteiger partial charge in [-0.15, -0.1) is 0 Å². The number of rotatable bonds is 5. The lowest BCUT2D eigenvalue weighted by Gasteiger charge is -2.09. The van der Waals surface area contributed by atoms with E-state index in [1.807, 2.05) is 55.5 Å². The van der Waals surface area contributed by atoms with Crippen molar-refractivity contribution in [1.29, 1.82) is 0 Å². The number of amides is 1. The number of ether oxygens (including phenoxy) is 1. The molecule has 25 heavy (non-hydrogen) atoms. The lowest BCUT2D eigenvalue weighted by molar-refractivity contribution is 0.102. The summed E-state index contributed by atoms with van der Waals surface area (Å²) in [5.74, 6) is 1.16. The van der Waals surface area contributed by atoms with Crippen molar-refractivity contribution in [3.05, 3.63) is 78.0 Å². The fourth-order valence-corrected chi connectivity index (χ4v) is 2.33.